The van der Waals surface area contributed by atoms with E-state index in [9.17, 15) is 9.59 Å². The third-order valence-corrected chi connectivity index (χ3v) is 8.31. The van der Waals surface area contributed by atoms with Crippen molar-refractivity contribution in [1.29, 1.82) is 0 Å². The molecule has 1 fully saturated rings. The van der Waals surface area contributed by atoms with Gasteiger partial charge in [-0.2, -0.15) is 0 Å². The molecule has 0 radical (unpaired) electrons. The van der Waals surface area contributed by atoms with Gasteiger partial charge in [0.25, 0.3) is 0 Å². The minimum absolute atomic E-state index is 0.0171. The molecule has 11 heteroatoms. The van der Waals surface area contributed by atoms with E-state index in [1.54, 1.807) is 12.1 Å². The van der Waals surface area contributed by atoms with Crippen LogP contribution in [0.1, 0.15) is 31.9 Å². The van der Waals surface area contributed by atoms with Gasteiger partial charge >= 0.3 is 5.97 Å². The second-order valence-corrected chi connectivity index (χ2v) is 12.5. The lowest BCUT2D eigenvalue weighted by molar-refractivity contribution is -0.156. The monoisotopic (exact) mass is 646 g/mol. The standard InChI is InChI=1S/C27H28ClIN6O3/c1-26(2,3)25(37)38-27(29)19-11-17(28)5-7-20(19)33-22(27)13-34-8-9-35(23(36)14-34)12-16-4-6-18-21(10-16)31-15-32-24(18)30/h4-7,10-11,15H,8-9,12-14H2,1-3H3,(H2,30,31,32). The Bertz CT molecular complexity index is 1470. The number of aromatic nitrogens is 2. The summed E-state index contributed by atoms with van der Waals surface area (Å²) in [4.78, 5) is 43.1. The molecule has 5 rings (SSSR count). The van der Waals surface area contributed by atoms with E-state index in [4.69, 9.17) is 27.1 Å². The molecular formula is C27H28ClIN6O3. The summed E-state index contributed by atoms with van der Waals surface area (Å²) < 4.78 is 4.99. The molecule has 38 heavy (non-hydrogen) atoms. The molecular weight excluding hydrogens is 619 g/mol. The van der Waals surface area contributed by atoms with Gasteiger partial charge < -0.3 is 15.4 Å². The predicted octanol–water partition coefficient (Wildman–Crippen LogP) is 4.47. The van der Waals surface area contributed by atoms with Gasteiger partial charge in [0.1, 0.15) is 12.1 Å². The Hall–Kier alpha value is -2.83. The number of nitrogens with two attached hydrogens (primary N) is 1. The molecule has 3 aromatic rings. The number of hydrogen-bond acceptors (Lipinski definition) is 8. The molecule has 1 atom stereocenters. The highest BCUT2D eigenvalue weighted by atomic mass is 127. The van der Waals surface area contributed by atoms with Crippen molar-refractivity contribution in [2.45, 2.75) is 30.9 Å². The third kappa shape index (κ3) is 5.21. The fourth-order valence-corrected chi connectivity index (χ4v) is 5.58. The van der Waals surface area contributed by atoms with Gasteiger partial charge in [0.2, 0.25) is 9.51 Å². The zero-order valence-electron chi connectivity index (χ0n) is 21.4. The number of alkyl halides is 1. The number of halogens is 2. The summed E-state index contributed by atoms with van der Waals surface area (Å²) in [5.74, 6) is 0.115. The smallest absolute Gasteiger partial charge is 0.313 e. The van der Waals surface area contributed by atoms with E-state index in [1.165, 1.54) is 6.33 Å². The molecule has 2 N–H and O–H groups in total. The van der Waals surface area contributed by atoms with Gasteiger partial charge in [-0.3, -0.25) is 19.5 Å². The van der Waals surface area contributed by atoms with Crippen LogP contribution in [0, 0.1) is 5.41 Å². The summed E-state index contributed by atoms with van der Waals surface area (Å²) >= 11 is 8.44. The first-order valence-corrected chi connectivity index (χ1v) is 13.7. The number of anilines is 1. The van der Waals surface area contributed by atoms with Crippen LogP contribution in [0.5, 0.6) is 0 Å². The minimum atomic E-state index is -1.10. The molecule has 1 unspecified atom stereocenters. The Labute approximate surface area is 239 Å². The van der Waals surface area contributed by atoms with Gasteiger partial charge in [0, 0.05) is 42.2 Å². The highest BCUT2D eigenvalue weighted by Crippen LogP contribution is 2.48. The summed E-state index contributed by atoms with van der Waals surface area (Å²) in [6, 6.07) is 11.2. The summed E-state index contributed by atoms with van der Waals surface area (Å²) in [7, 11) is 0. The topological polar surface area (TPSA) is 114 Å². The number of ether oxygens (including phenoxy) is 1. The maximum atomic E-state index is 13.1. The van der Waals surface area contributed by atoms with Crippen LogP contribution in [0.15, 0.2) is 47.7 Å². The number of carbonyl (C=O) groups is 2. The predicted molar refractivity (Wildman–Crippen MR) is 156 cm³/mol. The highest BCUT2D eigenvalue weighted by Gasteiger charge is 2.47. The van der Waals surface area contributed by atoms with Gasteiger partial charge in [-0.25, -0.2) is 9.97 Å². The number of fused-ring (bicyclic) bond motifs is 2. The van der Waals surface area contributed by atoms with Crippen molar-refractivity contribution in [2.24, 2.45) is 10.4 Å². The van der Waals surface area contributed by atoms with E-state index < -0.39 is 9.02 Å². The van der Waals surface area contributed by atoms with Crippen LogP contribution in [-0.2, 0) is 24.5 Å². The molecule has 2 aliphatic heterocycles. The van der Waals surface area contributed by atoms with Crippen LogP contribution in [0.25, 0.3) is 10.9 Å². The average molecular weight is 647 g/mol. The van der Waals surface area contributed by atoms with Crippen molar-refractivity contribution < 1.29 is 14.3 Å². The first-order chi connectivity index (χ1) is 17.9. The molecule has 198 valence electrons. The molecule has 2 aromatic carbocycles. The van der Waals surface area contributed by atoms with Crippen LogP contribution >= 0.6 is 34.2 Å². The number of benzene rings is 2. The first kappa shape index (κ1) is 26.8. The quantitative estimate of drug-likeness (QED) is 0.247. The number of piperazine rings is 1. The second kappa shape index (κ2) is 10.0. The lowest BCUT2D eigenvalue weighted by Crippen LogP contribution is -2.52. The molecule has 1 amide bonds. The Morgan fingerprint density at radius 2 is 1.95 bits per heavy atom. The van der Waals surface area contributed by atoms with Gasteiger partial charge in [0.15, 0.2) is 0 Å². The second-order valence-electron chi connectivity index (χ2n) is 10.6. The van der Waals surface area contributed by atoms with E-state index in [0.29, 0.717) is 48.4 Å². The Morgan fingerprint density at radius 1 is 1.16 bits per heavy atom. The normalized spacial score (nSPS) is 20.0. The molecule has 2 aliphatic rings. The fraction of sp³-hybridized carbons (Fsp3) is 0.370. The number of hydrogen-bond donors (Lipinski definition) is 1. The SMILES string of the molecule is CC(C)(C)C(=O)OC1(I)C(CN2CCN(Cc3ccc4c(N)ncnc4c3)C(=O)C2)=Nc2ccc(Cl)cc21. The van der Waals surface area contributed by atoms with Crippen LogP contribution < -0.4 is 5.73 Å². The summed E-state index contributed by atoms with van der Waals surface area (Å²) in [6.45, 7) is 7.77. The maximum Gasteiger partial charge on any atom is 0.313 e. The number of aliphatic imine (C=N–C) groups is 1. The lowest BCUT2D eigenvalue weighted by atomic mass is 9.97. The van der Waals surface area contributed by atoms with Crippen LogP contribution in [0.4, 0.5) is 11.5 Å². The van der Waals surface area contributed by atoms with Crippen molar-refractivity contribution in [2.75, 3.05) is 31.9 Å². The average Bonchev–Trinajstić information content (AvgIpc) is 3.11. The molecule has 0 saturated carbocycles. The van der Waals surface area contributed by atoms with Gasteiger partial charge in [-0.05, 0) is 79.3 Å². The number of carbonyl (C=O) groups excluding carboxylic acids is 2. The Kier molecular flexibility index (Phi) is 7.08. The van der Waals surface area contributed by atoms with Crippen molar-refractivity contribution >= 4 is 74.2 Å². The number of nitrogen functional groups attached to an aromatic ring is 1. The first-order valence-electron chi connectivity index (χ1n) is 12.2. The molecule has 9 nitrogen and oxygen atoms in total. The number of amides is 1. The van der Waals surface area contributed by atoms with Gasteiger partial charge in [-0.15, -0.1) is 0 Å². The molecule has 0 spiro atoms. The third-order valence-electron chi connectivity index (χ3n) is 6.65. The zero-order chi connectivity index (χ0) is 27.2. The lowest BCUT2D eigenvalue weighted by Gasteiger charge is -2.36. The Balaban J connectivity index is 1.30. The molecule has 0 aliphatic carbocycles. The van der Waals surface area contributed by atoms with Crippen molar-refractivity contribution in [3.8, 4) is 0 Å². The number of rotatable bonds is 5. The molecule has 1 saturated heterocycles. The van der Waals surface area contributed by atoms with E-state index in [1.807, 2.05) is 54.8 Å². The zero-order valence-corrected chi connectivity index (χ0v) is 24.3. The largest absolute Gasteiger partial charge is 0.437 e. The number of esters is 1. The summed E-state index contributed by atoms with van der Waals surface area (Å²) in [5.41, 5.74) is 9.10. The van der Waals surface area contributed by atoms with Crippen molar-refractivity contribution in [3.05, 3.63) is 58.9 Å². The van der Waals surface area contributed by atoms with E-state index in [-0.39, 0.29) is 18.4 Å². The van der Waals surface area contributed by atoms with Crippen LogP contribution in [-0.4, -0.2) is 63.5 Å². The molecule has 0 bridgehead atoms. The molecule has 3 heterocycles. The Morgan fingerprint density at radius 3 is 2.68 bits per heavy atom. The van der Waals surface area contributed by atoms with E-state index in [0.717, 1.165) is 22.0 Å². The maximum absolute atomic E-state index is 13.1. The molecule has 1 aromatic heterocycles. The summed E-state index contributed by atoms with van der Waals surface area (Å²) in [6.07, 6.45) is 1.44. The van der Waals surface area contributed by atoms with Crippen LogP contribution in [0.2, 0.25) is 5.02 Å². The van der Waals surface area contributed by atoms with Crippen LogP contribution in [0.3, 0.4) is 0 Å². The van der Waals surface area contributed by atoms with E-state index >= 15 is 0 Å². The minimum Gasteiger partial charge on any atom is -0.437 e. The highest BCUT2D eigenvalue weighted by molar-refractivity contribution is 14.1. The fourth-order valence-electron chi connectivity index (χ4n) is 4.48. The van der Waals surface area contributed by atoms with Crippen molar-refractivity contribution in [1.82, 2.24) is 19.8 Å². The number of nitrogens with zero attached hydrogens (tertiary/aromatic N) is 5. The van der Waals surface area contributed by atoms with E-state index in [2.05, 4.69) is 32.6 Å². The van der Waals surface area contributed by atoms with Gasteiger partial charge in [-0.1, -0.05) is 17.7 Å². The van der Waals surface area contributed by atoms with Crippen molar-refractivity contribution in [3.63, 3.8) is 0 Å². The summed E-state index contributed by atoms with van der Waals surface area (Å²) in [5, 5.41) is 1.33. The van der Waals surface area contributed by atoms with Gasteiger partial charge in [0.05, 0.1) is 28.9 Å².